The highest BCUT2D eigenvalue weighted by molar-refractivity contribution is 7.92. The van der Waals surface area contributed by atoms with Crippen LogP contribution in [0.2, 0.25) is 10.0 Å². The number of sulfonamides is 1. The fraction of sp³-hybridized carbons (Fsp3) is 0.278. The van der Waals surface area contributed by atoms with Gasteiger partial charge in [0.05, 0.1) is 10.6 Å². The highest BCUT2D eigenvalue weighted by Gasteiger charge is 2.35. The van der Waals surface area contributed by atoms with Crippen LogP contribution in [0.25, 0.3) is 0 Å². The van der Waals surface area contributed by atoms with E-state index in [0.29, 0.717) is 15.6 Å². The molecule has 0 heterocycles. The zero-order valence-corrected chi connectivity index (χ0v) is 27.7. The molecule has 1 fully saturated rings. The Bertz CT molecular complexity index is 1720. The average molecular weight is 679 g/mol. The first kappa shape index (κ1) is 33.5. The average Bonchev–Trinajstić information content (AvgIpc) is 3.07. The van der Waals surface area contributed by atoms with E-state index in [-0.39, 0.29) is 35.5 Å². The molecule has 240 valence electrons. The minimum atomic E-state index is -4.19. The zero-order valence-electron chi connectivity index (χ0n) is 25.4. The van der Waals surface area contributed by atoms with Gasteiger partial charge in [0, 0.05) is 29.1 Å². The number of rotatable bonds is 12. The van der Waals surface area contributed by atoms with Crippen molar-refractivity contribution in [3.05, 3.63) is 130 Å². The van der Waals surface area contributed by atoms with Gasteiger partial charge < -0.3 is 10.2 Å². The molecule has 2 amide bonds. The second kappa shape index (κ2) is 15.6. The molecule has 1 aliphatic rings. The minimum Gasteiger partial charge on any atom is -0.352 e. The SMILES string of the molecule is O=C(NC1CCCCC1)[C@@H](Cc1ccccc1)N(Cc1ccccc1Cl)C(=O)CN(c1ccc(Cl)cc1)S(=O)(=O)c1ccccc1. The molecule has 0 aliphatic heterocycles. The van der Waals surface area contributed by atoms with Crippen molar-refractivity contribution < 1.29 is 18.0 Å². The molecule has 0 spiro atoms. The Labute approximate surface area is 281 Å². The van der Waals surface area contributed by atoms with Crippen LogP contribution in [0.5, 0.6) is 0 Å². The molecule has 10 heteroatoms. The van der Waals surface area contributed by atoms with Crippen LogP contribution < -0.4 is 9.62 Å². The molecule has 1 aliphatic carbocycles. The lowest BCUT2D eigenvalue weighted by Crippen LogP contribution is -2.55. The number of hydrogen-bond donors (Lipinski definition) is 1. The number of hydrogen-bond acceptors (Lipinski definition) is 4. The van der Waals surface area contributed by atoms with Crippen LogP contribution in [0.15, 0.2) is 114 Å². The first-order valence-electron chi connectivity index (χ1n) is 15.4. The van der Waals surface area contributed by atoms with E-state index in [1.807, 2.05) is 36.4 Å². The summed E-state index contributed by atoms with van der Waals surface area (Å²) in [5.41, 5.74) is 1.78. The highest BCUT2D eigenvalue weighted by Crippen LogP contribution is 2.27. The minimum absolute atomic E-state index is 0.00787. The Kier molecular flexibility index (Phi) is 11.4. The van der Waals surface area contributed by atoms with E-state index >= 15 is 0 Å². The normalized spacial score (nSPS) is 14.3. The van der Waals surface area contributed by atoms with Crippen molar-refractivity contribution in [3.8, 4) is 0 Å². The molecular formula is C36H37Cl2N3O4S. The maximum atomic E-state index is 14.6. The van der Waals surface area contributed by atoms with Crippen molar-refractivity contribution >= 4 is 50.7 Å². The van der Waals surface area contributed by atoms with Gasteiger partial charge in [-0.1, -0.05) is 109 Å². The molecule has 5 rings (SSSR count). The summed E-state index contributed by atoms with van der Waals surface area (Å²) in [6.07, 6.45) is 5.19. The van der Waals surface area contributed by atoms with Crippen LogP contribution >= 0.6 is 23.2 Å². The van der Waals surface area contributed by atoms with Gasteiger partial charge in [-0.25, -0.2) is 8.42 Å². The first-order chi connectivity index (χ1) is 22.2. The lowest BCUT2D eigenvalue weighted by molar-refractivity contribution is -0.140. The predicted octanol–water partition coefficient (Wildman–Crippen LogP) is 7.28. The summed E-state index contributed by atoms with van der Waals surface area (Å²) < 4.78 is 29.2. The summed E-state index contributed by atoms with van der Waals surface area (Å²) in [5, 5.41) is 4.08. The van der Waals surface area contributed by atoms with Crippen LogP contribution in [0.3, 0.4) is 0 Å². The second-order valence-corrected chi connectivity index (χ2v) is 14.2. The van der Waals surface area contributed by atoms with E-state index in [0.717, 1.165) is 42.0 Å². The van der Waals surface area contributed by atoms with E-state index in [9.17, 15) is 18.0 Å². The summed E-state index contributed by atoms with van der Waals surface area (Å²) in [4.78, 5) is 30.3. The van der Waals surface area contributed by atoms with Crippen LogP contribution in [0, 0.1) is 0 Å². The van der Waals surface area contributed by atoms with E-state index in [4.69, 9.17) is 23.2 Å². The van der Waals surface area contributed by atoms with Gasteiger partial charge in [0.15, 0.2) is 0 Å². The molecule has 7 nitrogen and oxygen atoms in total. The third kappa shape index (κ3) is 8.49. The fourth-order valence-corrected chi connectivity index (χ4v) is 7.52. The van der Waals surface area contributed by atoms with E-state index < -0.39 is 28.5 Å². The monoisotopic (exact) mass is 677 g/mol. The third-order valence-electron chi connectivity index (χ3n) is 8.25. The smallest absolute Gasteiger partial charge is 0.264 e. The quantitative estimate of drug-likeness (QED) is 0.171. The van der Waals surface area contributed by atoms with Crippen LogP contribution in [0.4, 0.5) is 5.69 Å². The van der Waals surface area contributed by atoms with Crippen LogP contribution in [-0.2, 0) is 32.6 Å². The van der Waals surface area contributed by atoms with E-state index in [2.05, 4.69) is 5.32 Å². The molecular weight excluding hydrogens is 641 g/mol. The Hall–Kier alpha value is -3.85. The largest absolute Gasteiger partial charge is 0.352 e. The molecule has 4 aromatic carbocycles. The number of anilines is 1. The highest BCUT2D eigenvalue weighted by atomic mass is 35.5. The molecule has 1 saturated carbocycles. The summed E-state index contributed by atoms with van der Waals surface area (Å²) in [6, 6.07) is 30.0. The Morgan fingerprint density at radius 2 is 1.39 bits per heavy atom. The first-order valence-corrected chi connectivity index (χ1v) is 17.6. The van der Waals surface area contributed by atoms with E-state index in [1.165, 1.54) is 17.0 Å². The zero-order chi connectivity index (χ0) is 32.5. The van der Waals surface area contributed by atoms with Gasteiger partial charge in [0.1, 0.15) is 12.6 Å². The van der Waals surface area contributed by atoms with Gasteiger partial charge in [-0.2, -0.15) is 0 Å². The number of nitrogens with zero attached hydrogens (tertiary/aromatic N) is 2. The van der Waals surface area contributed by atoms with Crippen LogP contribution in [-0.4, -0.2) is 43.8 Å². The number of halogens is 2. The van der Waals surface area contributed by atoms with Gasteiger partial charge in [0.2, 0.25) is 11.8 Å². The number of benzene rings is 4. The van der Waals surface area contributed by atoms with Gasteiger partial charge >= 0.3 is 0 Å². The third-order valence-corrected chi connectivity index (χ3v) is 10.7. The Morgan fingerprint density at radius 1 is 0.783 bits per heavy atom. The van der Waals surface area contributed by atoms with Crippen molar-refractivity contribution in [2.24, 2.45) is 0 Å². The summed E-state index contributed by atoms with van der Waals surface area (Å²) in [5.74, 6) is -0.825. The molecule has 0 unspecified atom stereocenters. The van der Waals surface area contributed by atoms with Crippen molar-refractivity contribution in [1.29, 1.82) is 0 Å². The van der Waals surface area contributed by atoms with Gasteiger partial charge in [0.25, 0.3) is 10.0 Å². The van der Waals surface area contributed by atoms with Crippen molar-refractivity contribution in [1.82, 2.24) is 10.2 Å². The van der Waals surface area contributed by atoms with Gasteiger partial charge in [-0.15, -0.1) is 0 Å². The number of carbonyl (C=O) groups excluding carboxylic acids is 2. The van der Waals surface area contributed by atoms with Gasteiger partial charge in [-0.05, 0) is 66.4 Å². The number of amides is 2. The summed E-state index contributed by atoms with van der Waals surface area (Å²) >= 11 is 12.7. The van der Waals surface area contributed by atoms with Crippen molar-refractivity contribution in [3.63, 3.8) is 0 Å². The topological polar surface area (TPSA) is 86.8 Å². The molecule has 1 atom stereocenters. The standard InChI is InChI=1S/C36H37Cl2N3O4S/c37-29-20-22-31(23-21-29)41(46(44,45)32-17-8-3-9-18-32)26-35(42)40(25-28-14-10-11-19-33(28)38)34(24-27-12-4-1-5-13-27)36(43)39-30-15-6-2-7-16-30/h1,3-5,8-14,17-23,30,34H,2,6-7,15-16,24-26H2,(H,39,43)/t34-/m1/s1. The summed E-state index contributed by atoms with van der Waals surface area (Å²) in [7, 11) is -4.19. The predicted molar refractivity (Wildman–Crippen MR) is 183 cm³/mol. The molecule has 0 radical (unpaired) electrons. The maximum absolute atomic E-state index is 14.6. The van der Waals surface area contributed by atoms with Crippen LogP contribution in [0.1, 0.15) is 43.2 Å². The lowest BCUT2D eigenvalue weighted by Gasteiger charge is -2.35. The molecule has 0 saturated heterocycles. The molecule has 0 aromatic heterocycles. The summed E-state index contributed by atoms with van der Waals surface area (Å²) in [6.45, 7) is -0.542. The Balaban J connectivity index is 1.56. The van der Waals surface area contributed by atoms with Crippen molar-refractivity contribution in [2.75, 3.05) is 10.8 Å². The maximum Gasteiger partial charge on any atom is 0.264 e. The lowest BCUT2D eigenvalue weighted by atomic mass is 9.94. The number of nitrogens with one attached hydrogen (secondary N) is 1. The second-order valence-electron chi connectivity index (χ2n) is 11.5. The Morgan fingerprint density at radius 3 is 2.04 bits per heavy atom. The van der Waals surface area contributed by atoms with Gasteiger partial charge in [-0.3, -0.25) is 13.9 Å². The fourth-order valence-electron chi connectivity index (χ4n) is 5.76. The molecule has 46 heavy (non-hydrogen) atoms. The van der Waals surface area contributed by atoms with E-state index in [1.54, 1.807) is 60.7 Å². The number of carbonyl (C=O) groups is 2. The molecule has 4 aromatic rings. The van der Waals surface area contributed by atoms with Crippen molar-refractivity contribution in [2.45, 2.75) is 62.0 Å². The molecule has 0 bridgehead atoms. The molecule has 1 N–H and O–H groups in total.